The van der Waals surface area contributed by atoms with E-state index < -0.39 is 0 Å². The van der Waals surface area contributed by atoms with Gasteiger partial charge in [-0.15, -0.1) is 0 Å². The molecule has 0 aliphatic carbocycles. The topological polar surface area (TPSA) is 29.1 Å². The molecule has 1 heterocycles. The predicted molar refractivity (Wildman–Crippen MR) is 60.9 cm³/mol. The second kappa shape index (κ2) is 3.37. The van der Waals surface area contributed by atoms with Crippen LogP contribution in [0.2, 0.25) is 0 Å². The molecule has 0 aromatic heterocycles. The number of carbonyl (C=O) groups is 1. The van der Waals surface area contributed by atoms with Gasteiger partial charge in [0.1, 0.15) is 0 Å². The summed E-state index contributed by atoms with van der Waals surface area (Å²) in [5, 5.41) is 2.91. The highest BCUT2D eigenvalue weighted by atomic mass is 16.1. The van der Waals surface area contributed by atoms with Gasteiger partial charge >= 0.3 is 0 Å². The van der Waals surface area contributed by atoms with E-state index in [4.69, 9.17) is 0 Å². The van der Waals surface area contributed by atoms with Crippen LogP contribution in [0.5, 0.6) is 0 Å². The van der Waals surface area contributed by atoms with Crippen molar-refractivity contribution in [3.63, 3.8) is 0 Å². The molecule has 15 heavy (non-hydrogen) atoms. The highest BCUT2D eigenvalue weighted by Crippen LogP contribution is 2.31. The summed E-state index contributed by atoms with van der Waals surface area (Å²) in [6.45, 7) is 7.11. The fourth-order valence-corrected chi connectivity index (χ4v) is 2.30. The van der Waals surface area contributed by atoms with Crippen LogP contribution >= 0.6 is 0 Å². The van der Waals surface area contributed by atoms with Gasteiger partial charge in [-0.05, 0) is 19.4 Å². The minimum absolute atomic E-state index is 0.0200. The zero-order valence-electron chi connectivity index (χ0n) is 9.55. The number of nitrogens with one attached hydrogen (secondary N) is 1. The van der Waals surface area contributed by atoms with Crippen LogP contribution in [-0.4, -0.2) is 12.5 Å². The maximum atomic E-state index is 11.3. The van der Waals surface area contributed by atoms with Gasteiger partial charge in [-0.25, -0.2) is 0 Å². The number of amides is 1. The Bertz CT molecular complexity index is 391. The monoisotopic (exact) mass is 203 g/mol. The van der Waals surface area contributed by atoms with Gasteiger partial charge in [0.2, 0.25) is 5.91 Å². The molecule has 1 aliphatic rings. The lowest BCUT2D eigenvalue weighted by molar-refractivity contribution is -0.119. The molecule has 0 saturated carbocycles. The zero-order chi connectivity index (χ0) is 11.1. The van der Waals surface area contributed by atoms with Crippen LogP contribution in [0.4, 0.5) is 0 Å². The average Bonchev–Trinajstić information content (AvgIpc) is 2.46. The van der Waals surface area contributed by atoms with Crippen molar-refractivity contribution in [2.45, 2.75) is 32.6 Å². The molecule has 80 valence electrons. The number of rotatable bonds is 1. The van der Waals surface area contributed by atoms with E-state index in [1.54, 1.807) is 0 Å². The summed E-state index contributed by atoms with van der Waals surface area (Å²) < 4.78 is 0. The lowest BCUT2D eigenvalue weighted by atomic mass is 9.80. The van der Waals surface area contributed by atoms with Crippen LogP contribution in [-0.2, 0) is 10.2 Å². The number of benzene rings is 1. The van der Waals surface area contributed by atoms with Crippen molar-refractivity contribution in [1.82, 2.24) is 5.32 Å². The highest BCUT2D eigenvalue weighted by molar-refractivity contribution is 5.80. The molecular weight excluding hydrogens is 186 g/mol. The number of aryl methyl sites for hydroxylation is 2. The quantitative estimate of drug-likeness (QED) is 0.744. The highest BCUT2D eigenvalue weighted by Gasteiger charge is 2.35. The first kappa shape index (κ1) is 10.2. The van der Waals surface area contributed by atoms with Crippen LogP contribution in [0, 0.1) is 13.8 Å². The maximum Gasteiger partial charge on any atom is 0.220 e. The van der Waals surface area contributed by atoms with Gasteiger partial charge in [-0.1, -0.05) is 36.2 Å². The van der Waals surface area contributed by atoms with Crippen LogP contribution in [0.15, 0.2) is 18.2 Å². The molecule has 0 radical (unpaired) electrons. The van der Waals surface area contributed by atoms with Crippen LogP contribution < -0.4 is 5.32 Å². The van der Waals surface area contributed by atoms with E-state index in [1.165, 1.54) is 16.7 Å². The fraction of sp³-hybridized carbons (Fsp3) is 0.462. The van der Waals surface area contributed by atoms with Crippen molar-refractivity contribution >= 4 is 5.91 Å². The predicted octanol–water partition coefficient (Wildman–Crippen LogP) is 2.08. The van der Waals surface area contributed by atoms with Crippen molar-refractivity contribution in [1.29, 1.82) is 0 Å². The van der Waals surface area contributed by atoms with E-state index in [2.05, 4.69) is 44.3 Å². The molecule has 2 nitrogen and oxygen atoms in total. The molecule has 2 rings (SSSR count). The van der Waals surface area contributed by atoms with Crippen molar-refractivity contribution in [2.75, 3.05) is 6.54 Å². The Balaban J connectivity index is 2.40. The summed E-state index contributed by atoms with van der Waals surface area (Å²) in [5.41, 5.74) is 3.79. The second-order valence-electron chi connectivity index (χ2n) is 4.89. The van der Waals surface area contributed by atoms with Crippen molar-refractivity contribution in [3.8, 4) is 0 Å². The maximum absolute atomic E-state index is 11.3. The third-order valence-corrected chi connectivity index (χ3v) is 3.15. The lowest BCUT2D eigenvalue weighted by Gasteiger charge is -2.23. The molecule has 1 atom stereocenters. The molecule has 1 fully saturated rings. The fourth-order valence-electron chi connectivity index (χ4n) is 2.30. The molecule has 1 amide bonds. The Morgan fingerprint density at radius 1 is 1.20 bits per heavy atom. The van der Waals surface area contributed by atoms with E-state index in [9.17, 15) is 4.79 Å². The van der Waals surface area contributed by atoms with E-state index in [-0.39, 0.29) is 11.3 Å². The number of hydrogen-bond donors (Lipinski definition) is 1. The lowest BCUT2D eigenvalue weighted by Crippen LogP contribution is -2.25. The molecule has 1 saturated heterocycles. The molecule has 0 bridgehead atoms. The Labute approximate surface area is 90.7 Å². The van der Waals surface area contributed by atoms with Gasteiger partial charge in [-0.3, -0.25) is 4.79 Å². The summed E-state index contributed by atoms with van der Waals surface area (Å²) in [6.07, 6.45) is 0.607. The average molecular weight is 203 g/mol. The zero-order valence-corrected chi connectivity index (χ0v) is 9.55. The summed E-state index contributed by atoms with van der Waals surface area (Å²) >= 11 is 0. The first-order chi connectivity index (χ1) is 6.99. The smallest absolute Gasteiger partial charge is 0.220 e. The van der Waals surface area contributed by atoms with Crippen LogP contribution in [0.25, 0.3) is 0 Å². The largest absolute Gasteiger partial charge is 0.355 e. The van der Waals surface area contributed by atoms with Crippen LogP contribution in [0.3, 0.4) is 0 Å². The summed E-state index contributed by atoms with van der Waals surface area (Å²) in [7, 11) is 0. The minimum atomic E-state index is -0.0200. The molecule has 1 N–H and O–H groups in total. The first-order valence-corrected chi connectivity index (χ1v) is 5.35. The van der Waals surface area contributed by atoms with Crippen molar-refractivity contribution < 1.29 is 4.79 Å². The Hall–Kier alpha value is -1.31. The molecule has 1 unspecified atom stereocenters. The summed E-state index contributed by atoms with van der Waals surface area (Å²) in [6, 6.07) is 6.54. The molecule has 1 aromatic carbocycles. The SMILES string of the molecule is Cc1cc(C)cc(C2(C)CNC(=O)C2)c1. The van der Waals surface area contributed by atoms with E-state index >= 15 is 0 Å². The standard InChI is InChI=1S/C13H17NO/c1-9-4-10(2)6-11(5-9)13(3)7-12(15)14-8-13/h4-6H,7-8H2,1-3H3,(H,14,15). The number of carbonyl (C=O) groups excluding carboxylic acids is 1. The van der Waals surface area contributed by atoms with Crippen molar-refractivity contribution in [3.05, 3.63) is 34.9 Å². The first-order valence-electron chi connectivity index (χ1n) is 5.35. The Kier molecular flexibility index (Phi) is 2.29. The van der Waals surface area contributed by atoms with Gasteiger partial charge in [0.25, 0.3) is 0 Å². The molecule has 2 heteroatoms. The van der Waals surface area contributed by atoms with Gasteiger partial charge < -0.3 is 5.32 Å². The van der Waals surface area contributed by atoms with Crippen LogP contribution in [0.1, 0.15) is 30.0 Å². The van der Waals surface area contributed by atoms with E-state index in [0.29, 0.717) is 6.42 Å². The molecule has 0 spiro atoms. The summed E-state index contributed by atoms with van der Waals surface area (Å²) in [4.78, 5) is 11.3. The second-order valence-corrected chi connectivity index (χ2v) is 4.89. The molecule has 1 aromatic rings. The number of hydrogen-bond acceptors (Lipinski definition) is 1. The Morgan fingerprint density at radius 2 is 1.80 bits per heavy atom. The van der Waals surface area contributed by atoms with Crippen molar-refractivity contribution in [2.24, 2.45) is 0 Å². The minimum Gasteiger partial charge on any atom is -0.355 e. The third kappa shape index (κ3) is 1.89. The normalized spacial score (nSPS) is 25.4. The van der Waals surface area contributed by atoms with Gasteiger partial charge in [0.15, 0.2) is 0 Å². The Morgan fingerprint density at radius 3 is 2.27 bits per heavy atom. The molecular formula is C13H17NO. The van der Waals surface area contributed by atoms with Gasteiger partial charge in [0, 0.05) is 18.4 Å². The van der Waals surface area contributed by atoms with E-state index in [0.717, 1.165) is 6.54 Å². The van der Waals surface area contributed by atoms with Gasteiger partial charge in [0.05, 0.1) is 0 Å². The third-order valence-electron chi connectivity index (χ3n) is 3.15. The molecule has 1 aliphatic heterocycles. The van der Waals surface area contributed by atoms with E-state index in [1.807, 2.05) is 0 Å². The summed E-state index contributed by atoms with van der Waals surface area (Å²) in [5.74, 6) is 0.164. The van der Waals surface area contributed by atoms with Gasteiger partial charge in [-0.2, -0.15) is 0 Å².